The lowest BCUT2D eigenvalue weighted by Crippen LogP contribution is -2.45. The van der Waals surface area contributed by atoms with Crippen LogP contribution in [0.25, 0.3) is 0 Å². The SMILES string of the molecule is Fc1cc([C@H](CC2CC2)N2CCNCC2)ccc1Cl. The zero-order valence-electron chi connectivity index (χ0n) is 11.0. The Balaban J connectivity index is 1.81. The van der Waals surface area contributed by atoms with Crippen molar-refractivity contribution in [2.75, 3.05) is 26.2 Å². The summed E-state index contributed by atoms with van der Waals surface area (Å²) >= 11 is 5.79. The van der Waals surface area contributed by atoms with Gasteiger partial charge in [0.2, 0.25) is 0 Å². The Bertz CT molecular complexity index is 442. The van der Waals surface area contributed by atoms with Crippen LogP contribution in [0.2, 0.25) is 5.02 Å². The van der Waals surface area contributed by atoms with Gasteiger partial charge in [-0.2, -0.15) is 0 Å². The fourth-order valence-electron chi connectivity index (χ4n) is 2.88. The summed E-state index contributed by atoms with van der Waals surface area (Å²) in [7, 11) is 0. The molecule has 2 aliphatic rings. The predicted octanol–water partition coefficient (Wildman–Crippen LogP) is 3.23. The first-order valence-corrected chi connectivity index (χ1v) is 7.51. The van der Waals surface area contributed by atoms with E-state index in [0.29, 0.717) is 6.04 Å². The molecule has 2 nitrogen and oxygen atoms in total. The molecule has 1 saturated carbocycles. The minimum Gasteiger partial charge on any atom is -0.314 e. The van der Waals surface area contributed by atoms with Crippen LogP contribution in [0.1, 0.15) is 30.9 Å². The highest BCUT2D eigenvalue weighted by molar-refractivity contribution is 6.30. The van der Waals surface area contributed by atoms with Gasteiger partial charge in [0, 0.05) is 32.2 Å². The summed E-state index contributed by atoms with van der Waals surface area (Å²) in [5.41, 5.74) is 1.08. The molecule has 1 aliphatic carbocycles. The Morgan fingerprint density at radius 1 is 1.32 bits per heavy atom. The highest BCUT2D eigenvalue weighted by atomic mass is 35.5. The number of hydrogen-bond donors (Lipinski definition) is 1. The second-order valence-corrected chi connectivity index (χ2v) is 6.06. The molecule has 1 aromatic carbocycles. The normalized spacial score (nSPS) is 22.4. The average molecular weight is 283 g/mol. The molecule has 0 spiro atoms. The number of rotatable bonds is 4. The highest BCUT2D eigenvalue weighted by Gasteiger charge is 2.30. The van der Waals surface area contributed by atoms with E-state index in [-0.39, 0.29) is 10.8 Å². The van der Waals surface area contributed by atoms with Crippen LogP contribution in [0.3, 0.4) is 0 Å². The van der Waals surface area contributed by atoms with E-state index in [9.17, 15) is 4.39 Å². The fraction of sp³-hybridized carbons (Fsp3) is 0.600. The molecule has 0 amide bonds. The molecule has 1 N–H and O–H groups in total. The van der Waals surface area contributed by atoms with Crippen LogP contribution in [0, 0.1) is 11.7 Å². The lowest BCUT2D eigenvalue weighted by Gasteiger charge is -2.35. The van der Waals surface area contributed by atoms with Gasteiger partial charge in [-0.15, -0.1) is 0 Å². The third-order valence-corrected chi connectivity index (χ3v) is 4.48. The molecule has 104 valence electrons. The molecule has 1 aliphatic heterocycles. The molecule has 1 atom stereocenters. The molecule has 3 rings (SSSR count). The smallest absolute Gasteiger partial charge is 0.142 e. The van der Waals surface area contributed by atoms with Crippen LogP contribution in [-0.4, -0.2) is 31.1 Å². The van der Waals surface area contributed by atoms with Gasteiger partial charge in [-0.1, -0.05) is 30.5 Å². The summed E-state index contributed by atoms with van der Waals surface area (Å²) in [6.45, 7) is 4.14. The van der Waals surface area contributed by atoms with E-state index in [4.69, 9.17) is 11.6 Å². The number of halogens is 2. The Morgan fingerprint density at radius 2 is 2.05 bits per heavy atom. The Hall–Kier alpha value is -0.640. The van der Waals surface area contributed by atoms with Gasteiger partial charge in [-0.05, 0) is 30.0 Å². The molecule has 1 aromatic rings. The largest absolute Gasteiger partial charge is 0.314 e. The summed E-state index contributed by atoms with van der Waals surface area (Å²) in [5, 5.41) is 3.59. The molecule has 4 heteroatoms. The third kappa shape index (κ3) is 3.28. The van der Waals surface area contributed by atoms with E-state index in [1.165, 1.54) is 12.8 Å². The maximum absolute atomic E-state index is 13.7. The van der Waals surface area contributed by atoms with Gasteiger partial charge in [0.1, 0.15) is 5.82 Å². The van der Waals surface area contributed by atoms with Crippen molar-refractivity contribution in [2.24, 2.45) is 5.92 Å². The van der Waals surface area contributed by atoms with E-state index in [1.807, 2.05) is 6.07 Å². The molecule has 1 saturated heterocycles. The van der Waals surface area contributed by atoms with Gasteiger partial charge < -0.3 is 5.32 Å². The zero-order valence-corrected chi connectivity index (χ0v) is 11.8. The number of nitrogens with one attached hydrogen (secondary N) is 1. The minimum absolute atomic E-state index is 0.217. The Labute approximate surface area is 118 Å². The van der Waals surface area contributed by atoms with Crippen molar-refractivity contribution in [2.45, 2.75) is 25.3 Å². The van der Waals surface area contributed by atoms with Gasteiger partial charge in [0.05, 0.1) is 5.02 Å². The van der Waals surface area contributed by atoms with Gasteiger partial charge in [0.25, 0.3) is 0 Å². The second-order valence-electron chi connectivity index (χ2n) is 5.65. The van der Waals surface area contributed by atoms with Crippen molar-refractivity contribution >= 4 is 11.6 Å². The molecule has 19 heavy (non-hydrogen) atoms. The lowest BCUT2D eigenvalue weighted by molar-refractivity contribution is 0.160. The van der Waals surface area contributed by atoms with Gasteiger partial charge in [-0.3, -0.25) is 4.90 Å². The standard InChI is InChI=1S/C15H20ClFN2/c16-13-4-3-12(10-14(13)17)15(9-11-1-2-11)19-7-5-18-6-8-19/h3-4,10-11,15,18H,1-2,5-9H2/t15-/m0/s1. The van der Waals surface area contributed by atoms with E-state index >= 15 is 0 Å². The van der Waals surface area contributed by atoms with Crippen LogP contribution in [0.5, 0.6) is 0 Å². The van der Waals surface area contributed by atoms with Crippen molar-refractivity contribution in [1.29, 1.82) is 0 Å². The summed E-state index contributed by atoms with van der Waals surface area (Å²) in [6, 6.07) is 5.65. The fourth-order valence-corrected chi connectivity index (χ4v) is 3.00. The first-order chi connectivity index (χ1) is 9.24. The van der Waals surface area contributed by atoms with Crippen molar-refractivity contribution in [3.63, 3.8) is 0 Å². The minimum atomic E-state index is -0.296. The number of benzene rings is 1. The van der Waals surface area contributed by atoms with E-state index in [1.54, 1.807) is 12.1 Å². The Morgan fingerprint density at radius 3 is 2.68 bits per heavy atom. The van der Waals surface area contributed by atoms with Crippen LogP contribution in [-0.2, 0) is 0 Å². The van der Waals surface area contributed by atoms with E-state index in [0.717, 1.165) is 44.1 Å². The van der Waals surface area contributed by atoms with Crippen molar-refractivity contribution < 1.29 is 4.39 Å². The monoisotopic (exact) mass is 282 g/mol. The number of piperazine rings is 1. The van der Waals surface area contributed by atoms with Gasteiger partial charge in [0.15, 0.2) is 0 Å². The van der Waals surface area contributed by atoms with Crippen molar-refractivity contribution in [3.8, 4) is 0 Å². The molecule has 0 aromatic heterocycles. The third-order valence-electron chi connectivity index (χ3n) is 4.17. The highest BCUT2D eigenvalue weighted by Crippen LogP contribution is 2.40. The van der Waals surface area contributed by atoms with Gasteiger partial charge >= 0.3 is 0 Å². The molecule has 0 unspecified atom stereocenters. The first kappa shape index (κ1) is 13.3. The Kier molecular flexibility index (Phi) is 4.06. The quantitative estimate of drug-likeness (QED) is 0.912. The predicted molar refractivity (Wildman–Crippen MR) is 75.9 cm³/mol. The zero-order chi connectivity index (χ0) is 13.2. The molecular weight excluding hydrogens is 263 g/mol. The van der Waals surface area contributed by atoms with Crippen molar-refractivity contribution in [1.82, 2.24) is 10.2 Å². The maximum atomic E-state index is 13.7. The van der Waals surface area contributed by atoms with Crippen LogP contribution < -0.4 is 5.32 Å². The summed E-state index contributed by atoms with van der Waals surface area (Å²) in [5.74, 6) is 0.536. The van der Waals surface area contributed by atoms with Crippen LogP contribution in [0.15, 0.2) is 18.2 Å². The molecule has 1 heterocycles. The van der Waals surface area contributed by atoms with Crippen LogP contribution in [0.4, 0.5) is 4.39 Å². The van der Waals surface area contributed by atoms with E-state index < -0.39 is 0 Å². The summed E-state index contributed by atoms with van der Waals surface area (Å²) in [4.78, 5) is 2.48. The number of hydrogen-bond acceptors (Lipinski definition) is 2. The first-order valence-electron chi connectivity index (χ1n) is 7.14. The van der Waals surface area contributed by atoms with E-state index in [2.05, 4.69) is 10.2 Å². The summed E-state index contributed by atoms with van der Waals surface area (Å²) < 4.78 is 13.7. The lowest BCUT2D eigenvalue weighted by atomic mass is 9.98. The topological polar surface area (TPSA) is 15.3 Å². The molecule has 0 radical (unpaired) electrons. The molecule has 2 fully saturated rings. The molecular formula is C15H20ClFN2. The number of nitrogens with zero attached hydrogens (tertiary/aromatic N) is 1. The van der Waals surface area contributed by atoms with Crippen LogP contribution >= 0.6 is 11.6 Å². The van der Waals surface area contributed by atoms with Gasteiger partial charge in [-0.25, -0.2) is 4.39 Å². The second kappa shape index (κ2) is 5.78. The average Bonchev–Trinajstić information content (AvgIpc) is 3.24. The summed E-state index contributed by atoms with van der Waals surface area (Å²) in [6.07, 6.45) is 3.82. The maximum Gasteiger partial charge on any atom is 0.142 e. The molecule has 0 bridgehead atoms. The van der Waals surface area contributed by atoms with Crippen molar-refractivity contribution in [3.05, 3.63) is 34.6 Å².